The molecule has 1 nitrogen and oxygen atoms in total. The topological polar surface area (TPSA) is 13.1 Å². The molecule has 1 aliphatic carbocycles. The maximum absolute atomic E-state index is 6.63. The predicted octanol–water partition coefficient (Wildman–Crippen LogP) is 10.5. The summed E-state index contributed by atoms with van der Waals surface area (Å²) in [6.07, 6.45) is 0. The van der Waals surface area contributed by atoms with Crippen molar-refractivity contribution in [1.29, 1.82) is 0 Å². The molecule has 0 saturated heterocycles. The van der Waals surface area contributed by atoms with Crippen LogP contribution in [0, 0.1) is 0 Å². The molecule has 1 heteroatoms. The van der Waals surface area contributed by atoms with Crippen LogP contribution in [0.4, 0.5) is 0 Å². The van der Waals surface area contributed by atoms with Crippen molar-refractivity contribution in [3.63, 3.8) is 0 Å². The molecule has 0 spiro atoms. The number of rotatable bonds is 0. The Labute approximate surface area is 219 Å². The van der Waals surface area contributed by atoms with E-state index in [4.69, 9.17) is 4.42 Å². The zero-order chi connectivity index (χ0) is 25.2. The maximum atomic E-state index is 6.63. The van der Waals surface area contributed by atoms with Crippen molar-refractivity contribution < 1.29 is 4.42 Å². The lowest BCUT2D eigenvalue weighted by Crippen LogP contribution is -2.14. The van der Waals surface area contributed by atoms with Gasteiger partial charge in [-0.05, 0) is 89.6 Å². The average Bonchev–Trinajstić information content (AvgIpc) is 3.42. The lowest BCUT2D eigenvalue weighted by atomic mass is 9.82. The minimum absolute atomic E-state index is 0.0444. The van der Waals surface area contributed by atoms with Crippen molar-refractivity contribution >= 4 is 65.0 Å². The van der Waals surface area contributed by atoms with Gasteiger partial charge in [0.05, 0.1) is 0 Å². The van der Waals surface area contributed by atoms with Crippen molar-refractivity contribution in [3.05, 3.63) is 120 Å². The van der Waals surface area contributed by atoms with E-state index in [1.165, 1.54) is 76.1 Å². The van der Waals surface area contributed by atoms with Crippen molar-refractivity contribution in [3.8, 4) is 11.1 Å². The number of benzene rings is 7. The summed E-state index contributed by atoms with van der Waals surface area (Å²) in [4.78, 5) is 0. The molecule has 0 atom stereocenters. The Bertz CT molecular complexity index is 2310. The third-order valence-corrected chi connectivity index (χ3v) is 9.02. The first-order valence-corrected chi connectivity index (χ1v) is 13.4. The van der Waals surface area contributed by atoms with Gasteiger partial charge >= 0.3 is 0 Å². The van der Waals surface area contributed by atoms with Gasteiger partial charge in [-0.2, -0.15) is 0 Å². The van der Waals surface area contributed by atoms with Gasteiger partial charge in [-0.25, -0.2) is 0 Å². The summed E-state index contributed by atoms with van der Waals surface area (Å²) < 4.78 is 6.63. The van der Waals surface area contributed by atoms with E-state index in [1.54, 1.807) is 0 Å². The zero-order valence-corrected chi connectivity index (χ0v) is 21.3. The van der Waals surface area contributed by atoms with E-state index in [0.717, 1.165) is 11.2 Å². The standard InChI is InChI=1S/C37H24O/c1-37(2)32-14-8-7-12-24(32)29-18-31-30-17-27-23-11-5-6-13-25(23)36-22-10-4-3-9-21(22)15-16-26(36)28(27)19-34(30)38-35(31)20-33(29)37/h3-20H,1-2H3. The highest BCUT2D eigenvalue weighted by atomic mass is 16.3. The van der Waals surface area contributed by atoms with Crippen LogP contribution in [0.25, 0.3) is 76.2 Å². The second-order valence-corrected chi connectivity index (χ2v) is 11.3. The van der Waals surface area contributed by atoms with Gasteiger partial charge in [-0.3, -0.25) is 0 Å². The fourth-order valence-corrected chi connectivity index (χ4v) is 7.18. The van der Waals surface area contributed by atoms with E-state index in [9.17, 15) is 0 Å². The Balaban J connectivity index is 1.45. The Morgan fingerprint density at radius 1 is 0.447 bits per heavy atom. The third-order valence-electron chi connectivity index (χ3n) is 9.02. The highest BCUT2D eigenvalue weighted by Gasteiger charge is 2.36. The van der Waals surface area contributed by atoms with Crippen LogP contribution in [0.5, 0.6) is 0 Å². The van der Waals surface area contributed by atoms with Crippen LogP contribution in [-0.2, 0) is 5.41 Å². The molecule has 1 aliphatic rings. The Hall–Kier alpha value is -4.62. The molecule has 7 aromatic carbocycles. The van der Waals surface area contributed by atoms with Gasteiger partial charge in [0, 0.05) is 16.2 Å². The first kappa shape index (κ1) is 20.4. The second-order valence-electron chi connectivity index (χ2n) is 11.3. The number of hydrogen-bond donors (Lipinski definition) is 0. The van der Waals surface area contributed by atoms with E-state index in [1.807, 2.05) is 0 Å². The normalized spacial score (nSPS) is 14.3. The van der Waals surface area contributed by atoms with Gasteiger partial charge < -0.3 is 4.42 Å². The van der Waals surface area contributed by atoms with Crippen molar-refractivity contribution in [1.82, 2.24) is 0 Å². The third kappa shape index (κ3) is 2.42. The quantitative estimate of drug-likeness (QED) is 0.195. The predicted molar refractivity (Wildman–Crippen MR) is 161 cm³/mol. The molecular formula is C37H24O. The molecule has 0 amide bonds. The van der Waals surface area contributed by atoms with E-state index in [-0.39, 0.29) is 5.41 Å². The van der Waals surface area contributed by atoms with Crippen molar-refractivity contribution in [2.75, 3.05) is 0 Å². The zero-order valence-electron chi connectivity index (χ0n) is 21.3. The Morgan fingerprint density at radius 2 is 1.11 bits per heavy atom. The summed E-state index contributed by atoms with van der Waals surface area (Å²) >= 11 is 0. The van der Waals surface area contributed by atoms with Crippen molar-refractivity contribution in [2.45, 2.75) is 19.3 Å². The fourth-order valence-electron chi connectivity index (χ4n) is 7.18. The molecule has 0 saturated carbocycles. The van der Waals surface area contributed by atoms with E-state index < -0.39 is 0 Å². The Morgan fingerprint density at radius 3 is 2.00 bits per heavy atom. The summed E-state index contributed by atoms with van der Waals surface area (Å²) in [6, 6.07) is 40.2. The molecule has 0 aliphatic heterocycles. The summed E-state index contributed by atoms with van der Waals surface area (Å²) in [5, 5.41) is 12.6. The van der Waals surface area contributed by atoms with Gasteiger partial charge in [-0.15, -0.1) is 0 Å². The minimum atomic E-state index is -0.0444. The second kappa shape index (κ2) is 6.82. The van der Waals surface area contributed by atoms with Crippen LogP contribution in [0.1, 0.15) is 25.0 Å². The maximum Gasteiger partial charge on any atom is 0.136 e. The lowest BCUT2D eigenvalue weighted by Gasteiger charge is -2.21. The molecule has 0 bridgehead atoms. The van der Waals surface area contributed by atoms with Crippen LogP contribution in [-0.4, -0.2) is 0 Å². The summed E-state index contributed by atoms with van der Waals surface area (Å²) in [5.41, 5.74) is 7.28. The Kier molecular flexibility index (Phi) is 3.67. The van der Waals surface area contributed by atoms with Crippen LogP contribution >= 0.6 is 0 Å². The molecule has 38 heavy (non-hydrogen) atoms. The number of hydrogen-bond acceptors (Lipinski definition) is 1. The minimum Gasteiger partial charge on any atom is -0.456 e. The van der Waals surface area contributed by atoms with Gasteiger partial charge in [0.1, 0.15) is 11.2 Å². The molecule has 0 fully saturated rings. The van der Waals surface area contributed by atoms with Crippen LogP contribution < -0.4 is 0 Å². The molecule has 1 heterocycles. The molecular weight excluding hydrogens is 460 g/mol. The largest absolute Gasteiger partial charge is 0.456 e. The van der Waals surface area contributed by atoms with Crippen LogP contribution in [0.3, 0.4) is 0 Å². The van der Waals surface area contributed by atoms with Gasteiger partial charge in [0.15, 0.2) is 0 Å². The monoisotopic (exact) mass is 484 g/mol. The smallest absolute Gasteiger partial charge is 0.136 e. The fraction of sp³-hybridized carbons (Fsp3) is 0.0811. The van der Waals surface area contributed by atoms with Crippen molar-refractivity contribution in [2.24, 2.45) is 0 Å². The van der Waals surface area contributed by atoms with Gasteiger partial charge in [-0.1, -0.05) is 98.8 Å². The summed E-state index contributed by atoms with van der Waals surface area (Å²) in [5.74, 6) is 0. The van der Waals surface area contributed by atoms with Gasteiger partial charge in [0.2, 0.25) is 0 Å². The van der Waals surface area contributed by atoms with Crippen LogP contribution in [0.2, 0.25) is 0 Å². The molecule has 8 aromatic rings. The van der Waals surface area contributed by atoms with E-state index >= 15 is 0 Å². The highest BCUT2D eigenvalue weighted by molar-refractivity contribution is 6.33. The molecule has 0 unspecified atom stereocenters. The summed E-state index contributed by atoms with van der Waals surface area (Å²) in [7, 11) is 0. The average molecular weight is 485 g/mol. The van der Waals surface area contributed by atoms with Gasteiger partial charge in [0.25, 0.3) is 0 Å². The highest BCUT2D eigenvalue weighted by Crippen LogP contribution is 2.51. The number of furan rings is 1. The first-order valence-electron chi connectivity index (χ1n) is 13.4. The first-order chi connectivity index (χ1) is 18.6. The SMILES string of the molecule is CC1(C)c2ccccc2-c2cc3c(cc21)oc1cc2c(cc13)c1ccccc1c1c3ccccc3ccc21. The van der Waals surface area contributed by atoms with E-state index in [0.29, 0.717) is 0 Å². The molecule has 0 radical (unpaired) electrons. The number of fused-ring (bicyclic) bond motifs is 14. The molecule has 1 aromatic heterocycles. The summed E-state index contributed by atoms with van der Waals surface area (Å²) in [6.45, 7) is 4.64. The van der Waals surface area contributed by atoms with E-state index in [2.05, 4.69) is 123 Å². The lowest BCUT2D eigenvalue weighted by molar-refractivity contribution is 0.647. The molecule has 9 rings (SSSR count). The molecule has 0 N–H and O–H groups in total. The molecule has 178 valence electrons. The van der Waals surface area contributed by atoms with Crippen LogP contribution in [0.15, 0.2) is 114 Å².